The molecule has 0 saturated heterocycles. The molecule has 4 heterocycles. The molecule has 0 saturated carbocycles. The molecular formula is C21H20N4S3. The summed E-state index contributed by atoms with van der Waals surface area (Å²) in [5.41, 5.74) is 2.68. The van der Waals surface area contributed by atoms with Gasteiger partial charge in [-0.1, -0.05) is 36.4 Å². The van der Waals surface area contributed by atoms with Crippen LogP contribution in [0.2, 0.25) is 0 Å². The van der Waals surface area contributed by atoms with E-state index in [0.29, 0.717) is 0 Å². The number of nitrogens with zero attached hydrogens (tertiary/aromatic N) is 4. The van der Waals surface area contributed by atoms with E-state index >= 15 is 0 Å². The SMILES string of the molecule is S=c1n(CN2CCc3sccc3C2)nc(-c2cccs2)n1Cc1ccccc1. The Hall–Kier alpha value is -2.06. The lowest BCUT2D eigenvalue weighted by atomic mass is 10.1. The zero-order valence-electron chi connectivity index (χ0n) is 15.3. The molecule has 1 aliphatic heterocycles. The van der Waals surface area contributed by atoms with E-state index in [1.54, 1.807) is 11.3 Å². The van der Waals surface area contributed by atoms with Crippen LogP contribution < -0.4 is 0 Å². The van der Waals surface area contributed by atoms with Gasteiger partial charge in [0.05, 0.1) is 18.1 Å². The van der Waals surface area contributed by atoms with Gasteiger partial charge in [0.15, 0.2) is 10.6 Å². The molecule has 5 rings (SSSR count). The van der Waals surface area contributed by atoms with E-state index in [-0.39, 0.29) is 0 Å². The topological polar surface area (TPSA) is 26.0 Å². The third-order valence-corrected chi connectivity index (χ3v) is 7.39. The maximum atomic E-state index is 5.86. The molecule has 4 aromatic rings. The highest BCUT2D eigenvalue weighted by Gasteiger charge is 2.20. The van der Waals surface area contributed by atoms with E-state index in [2.05, 4.69) is 62.7 Å². The molecule has 0 fully saturated rings. The molecule has 0 unspecified atom stereocenters. The van der Waals surface area contributed by atoms with Gasteiger partial charge in [0.1, 0.15) is 0 Å². The first kappa shape index (κ1) is 18.0. The number of rotatable bonds is 5. The van der Waals surface area contributed by atoms with Crippen LogP contribution in [0.4, 0.5) is 0 Å². The van der Waals surface area contributed by atoms with Crippen LogP contribution in [0.1, 0.15) is 16.0 Å². The van der Waals surface area contributed by atoms with Crippen molar-refractivity contribution in [1.82, 2.24) is 19.2 Å². The first-order valence-electron chi connectivity index (χ1n) is 9.31. The second-order valence-electron chi connectivity index (χ2n) is 6.97. The average Bonchev–Trinajstić information content (AvgIpc) is 3.45. The Balaban J connectivity index is 1.47. The summed E-state index contributed by atoms with van der Waals surface area (Å²) in [7, 11) is 0. The molecule has 0 bridgehead atoms. The maximum absolute atomic E-state index is 5.86. The summed E-state index contributed by atoms with van der Waals surface area (Å²) in [6.07, 6.45) is 1.11. The Morgan fingerprint density at radius 1 is 1.00 bits per heavy atom. The number of benzene rings is 1. The summed E-state index contributed by atoms with van der Waals surface area (Å²) >= 11 is 9.44. The third-order valence-electron chi connectivity index (χ3n) is 5.07. The lowest BCUT2D eigenvalue weighted by molar-refractivity contribution is 0.189. The minimum atomic E-state index is 0.730. The summed E-state index contributed by atoms with van der Waals surface area (Å²) in [5.74, 6) is 0.956. The van der Waals surface area contributed by atoms with Gasteiger partial charge >= 0.3 is 0 Å². The summed E-state index contributed by atoms with van der Waals surface area (Å²) in [6, 6.07) is 16.9. The van der Waals surface area contributed by atoms with Crippen LogP contribution in [0.5, 0.6) is 0 Å². The molecule has 1 aliphatic rings. The van der Waals surface area contributed by atoms with Crippen molar-refractivity contribution in [2.24, 2.45) is 0 Å². The van der Waals surface area contributed by atoms with Crippen LogP contribution in [0.25, 0.3) is 10.7 Å². The Morgan fingerprint density at radius 2 is 1.89 bits per heavy atom. The van der Waals surface area contributed by atoms with Crippen LogP contribution in [0.15, 0.2) is 59.3 Å². The summed E-state index contributed by atoms with van der Waals surface area (Å²) in [4.78, 5) is 5.11. The number of hydrogen-bond acceptors (Lipinski definition) is 5. The summed E-state index contributed by atoms with van der Waals surface area (Å²) in [6.45, 7) is 3.49. The predicted octanol–water partition coefficient (Wildman–Crippen LogP) is 5.27. The van der Waals surface area contributed by atoms with E-state index in [9.17, 15) is 0 Å². The Bertz CT molecular complexity index is 1120. The van der Waals surface area contributed by atoms with Crippen molar-refractivity contribution in [3.8, 4) is 10.7 Å². The average molecular weight is 425 g/mol. The maximum Gasteiger partial charge on any atom is 0.199 e. The molecule has 0 atom stereocenters. The molecule has 28 heavy (non-hydrogen) atoms. The molecule has 0 spiro atoms. The van der Waals surface area contributed by atoms with Crippen LogP contribution in [0, 0.1) is 4.77 Å². The first-order chi connectivity index (χ1) is 13.8. The largest absolute Gasteiger partial charge is 0.295 e. The zero-order valence-corrected chi connectivity index (χ0v) is 17.8. The van der Waals surface area contributed by atoms with Gasteiger partial charge in [-0.15, -0.1) is 27.8 Å². The van der Waals surface area contributed by atoms with Crippen molar-refractivity contribution in [3.05, 3.63) is 80.1 Å². The molecule has 3 aromatic heterocycles. The van der Waals surface area contributed by atoms with Gasteiger partial charge in [-0.3, -0.25) is 9.47 Å². The molecule has 1 aromatic carbocycles. The van der Waals surface area contributed by atoms with Crippen molar-refractivity contribution < 1.29 is 0 Å². The van der Waals surface area contributed by atoms with Crippen molar-refractivity contribution in [3.63, 3.8) is 0 Å². The second-order valence-corrected chi connectivity index (χ2v) is 9.28. The molecular weight excluding hydrogens is 404 g/mol. The summed E-state index contributed by atoms with van der Waals surface area (Å²) in [5, 5.41) is 9.22. The molecule has 0 amide bonds. The molecule has 0 radical (unpaired) electrons. The molecule has 7 heteroatoms. The third kappa shape index (κ3) is 3.51. The van der Waals surface area contributed by atoms with Gasteiger partial charge in [0.25, 0.3) is 0 Å². The predicted molar refractivity (Wildman–Crippen MR) is 118 cm³/mol. The van der Waals surface area contributed by atoms with Crippen molar-refractivity contribution in [2.45, 2.75) is 26.2 Å². The normalized spacial score (nSPS) is 14.3. The van der Waals surface area contributed by atoms with Gasteiger partial charge < -0.3 is 0 Å². The standard InChI is InChI=1S/C21H20N4S3/c26-21-24(13-16-5-2-1-3-6-16)20(19-7-4-11-27-19)22-25(21)15-23-10-8-18-17(14-23)9-12-28-18/h1-7,9,11-12H,8,10,13-15H2. The Labute approximate surface area is 177 Å². The molecule has 4 nitrogen and oxygen atoms in total. The van der Waals surface area contributed by atoms with Crippen LogP contribution in [0.3, 0.4) is 0 Å². The first-order valence-corrected chi connectivity index (χ1v) is 11.5. The second kappa shape index (κ2) is 7.75. The smallest absolute Gasteiger partial charge is 0.199 e. The number of aromatic nitrogens is 3. The number of fused-ring (bicyclic) bond motifs is 1. The van der Waals surface area contributed by atoms with Gasteiger partial charge in [0, 0.05) is 18.0 Å². The molecule has 0 aliphatic carbocycles. The number of hydrogen-bond donors (Lipinski definition) is 0. The zero-order chi connectivity index (χ0) is 18.9. The van der Waals surface area contributed by atoms with Crippen LogP contribution in [-0.4, -0.2) is 25.8 Å². The van der Waals surface area contributed by atoms with E-state index in [4.69, 9.17) is 17.3 Å². The van der Waals surface area contributed by atoms with Crippen LogP contribution >= 0.6 is 34.9 Å². The highest BCUT2D eigenvalue weighted by molar-refractivity contribution is 7.71. The highest BCUT2D eigenvalue weighted by Crippen LogP contribution is 2.26. The lowest BCUT2D eigenvalue weighted by Gasteiger charge is -2.26. The number of thiophene rings is 2. The monoisotopic (exact) mass is 424 g/mol. The van der Waals surface area contributed by atoms with Gasteiger partial charge in [-0.2, -0.15) is 0 Å². The van der Waals surface area contributed by atoms with E-state index in [1.807, 2.05) is 22.1 Å². The van der Waals surface area contributed by atoms with Crippen molar-refractivity contribution in [1.29, 1.82) is 0 Å². The fraction of sp³-hybridized carbons (Fsp3) is 0.238. The highest BCUT2D eigenvalue weighted by atomic mass is 32.1. The Morgan fingerprint density at radius 3 is 2.71 bits per heavy atom. The van der Waals surface area contributed by atoms with E-state index < -0.39 is 0 Å². The lowest BCUT2D eigenvalue weighted by Crippen LogP contribution is -2.32. The van der Waals surface area contributed by atoms with E-state index in [0.717, 1.165) is 48.2 Å². The van der Waals surface area contributed by atoms with Crippen molar-refractivity contribution in [2.75, 3.05) is 6.54 Å². The Kier molecular flexibility index (Phi) is 4.98. The molecule has 0 N–H and O–H groups in total. The minimum Gasteiger partial charge on any atom is -0.295 e. The minimum absolute atomic E-state index is 0.730. The van der Waals surface area contributed by atoms with E-state index in [1.165, 1.54) is 16.0 Å². The quantitative estimate of drug-likeness (QED) is 0.408. The summed E-state index contributed by atoms with van der Waals surface area (Å²) < 4.78 is 4.93. The van der Waals surface area contributed by atoms with Crippen LogP contribution in [-0.2, 0) is 26.2 Å². The van der Waals surface area contributed by atoms with Gasteiger partial charge in [-0.25, -0.2) is 4.68 Å². The molecule has 142 valence electrons. The fourth-order valence-corrected chi connectivity index (χ4v) is 5.50. The van der Waals surface area contributed by atoms with Gasteiger partial charge in [-0.05, 0) is 52.7 Å². The van der Waals surface area contributed by atoms with Crippen molar-refractivity contribution >= 4 is 34.9 Å². The van der Waals surface area contributed by atoms with Gasteiger partial charge in [0.2, 0.25) is 0 Å². The fourth-order valence-electron chi connectivity index (χ4n) is 3.65.